The van der Waals surface area contributed by atoms with Gasteiger partial charge in [0.2, 0.25) is 5.91 Å². The molecule has 7 nitrogen and oxygen atoms in total. The van der Waals surface area contributed by atoms with Crippen LogP contribution in [0.25, 0.3) is 0 Å². The molecule has 23 heavy (non-hydrogen) atoms. The van der Waals surface area contributed by atoms with Crippen LogP contribution in [0.1, 0.15) is 5.56 Å². The molecule has 1 aromatic rings. The molecule has 0 radical (unpaired) electrons. The van der Waals surface area contributed by atoms with Crippen LogP contribution in [0.2, 0.25) is 5.02 Å². The average molecular weight is 343 g/mol. The molecule has 0 aromatic heterocycles. The molecule has 0 aliphatic rings. The van der Waals surface area contributed by atoms with Gasteiger partial charge in [-0.2, -0.15) is 0 Å². The van der Waals surface area contributed by atoms with Crippen molar-refractivity contribution in [3.05, 3.63) is 28.8 Å². The summed E-state index contributed by atoms with van der Waals surface area (Å²) < 4.78 is 10.1. The molecule has 0 fully saturated rings. The Morgan fingerprint density at radius 3 is 2.57 bits per heavy atom. The molecule has 0 spiro atoms. The van der Waals surface area contributed by atoms with Gasteiger partial charge in [-0.25, -0.2) is 4.79 Å². The number of nitrogens with one attached hydrogen (secondary N) is 1. The maximum Gasteiger partial charge on any atom is 0.344 e. The molecule has 126 valence electrons. The number of amides is 2. The molecule has 0 saturated heterocycles. The maximum absolute atomic E-state index is 11.7. The third-order valence-electron chi connectivity index (χ3n) is 2.93. The Kier molecular flexibility index (Phi) is 7.34. The van der Waals surface area contributed by atoms with Crippen molar-refractivity contribution in [1.82, 2.24) is 10.2 Å². The summed E-state index contributed by atoms with van der Waals surface area (Å²) in [6.07, 6.45) is 0. The van der Waals surface area contributed by atoms with Crippen LogP contribution in [0, 0.1) is 6.92 Å². The summed E-state index contributed by atoms with van der Waals surface area (Å²) in [6, 6.07) is 4.98. The minimum atomic E-state index is -0.681. The van der Waals surface area contributed by atoms with Gasteiger partial charge in [-0.15, -0.1) is 0 Å². The molecule has 0 saturated carbocycles. The first-order chi connectivity index (χ1) is 10.8. The lowest BCUT2D eigenvalue weighted by molar-refractivity contribution is -0.153. The number of hydrogen-bond acceptors (Lipinski definition) is 5. The second kappa shape index (κ2) is 8.99. The zero-order valence-corrected chi connectivity index (χ0v) is 14.0. The topological polar surface area (TPSA) is 84.9 Å². The Hall–Kier alpha value is -2.28. The molecule has 0 bridgehead atoms. The maximum atomic E-state index is 11.7. The molecular weight excluding hydrogens is 324 g/mol. The second-order valence-corrected chi connectivity index (χ2v) is 5.19. The van der Waals surface area contributed by atoms with Gasteiger partial charge < -0.3 is 19.7 Å². The number of likely N-dealkylation sites (N-methyl/N-ethyl adjacent to an activating group) is 2. The van der Waals surface area contributed by atoms with Gasteiger partial charge in [-0.3, -0.25) is 9.59 Å². The standard InChI is InChI=1S/C15H19ClN2O5/c1-10-6-11(4-5-12(10)16)22-9-15(21)23-8-14(20)18(3)7-13(19)17-2/h4-6H,7-9H2,1-3H3,(H,17,19). The first-order valence-electron chi connectivity index (χ1n) is 6.82. The Labute approximate surface area is 139 Å². The van der Waals surface area contributed by atoms with E-state index in [1.165, 1.54) is 14.1 Å². The third-order valence-corrected chi connectivity index (χ3v) is 3.35. The van der Waals surface area contributed by atoms with Crippen molar-refractivity contribution in [3.8, 4) is 5.75 Å². The van der Waals surface area contributed by atoms with Crippen LogP contribution < -0.4 is 10.1 Å². The molecule has 0 heterocycles. The van der Waals surface area contributed by atoms with Crippen molar-refractivity contribution in [3.63, 3.8) is 0 Å². The smallest absolute Gasteiger partial charge is 0.344 e. The van der Waals surface area contributed by atoms with E-state index in [1.807, 2.05) is 6.92 Å². The predicted octanol–water partition coefficient (Wildman–Crippen LogP) is 0.775. The van der Waals surface area contributed by atoms with Crippen molar-refractivity contribution < 1.29 is 23.9 Å². The van der Waals surface area contributed by atoms with Gasteiger partial charge in [0.05, 0.1) is 6.54 Å². The van der Waals surface area contributed by atoms with E-state index in [0.717, 1.165) is 10.5 Å². The number of nitrogens with zero attached hydrogens (tertiary/aromatic N) is 1. The van der Waals surface area contributed by atoms with E-state index in [4.69, 9.17) is 21.1 Å². The molecule has 1 aromatic carbocycles. The zero-order valence-electron chi connectivity index (χ0n) is 13.2. The van der Waals surface area contributed by atoms with E-state index in [2.05, 4.69) is 5.32 Å². The molecule has 0 unspecified atom stereocenters. The SMILES string of the molecule is CNC(=O)CN(C)C(=O)COC(=O)COc1ccc(Cl)c(C)c1. The lowest BCUT2D eigenvalue weighted by Crippen LogP contribution is -2.39. The molecular formula is C15H19ClN2O5. The Morgan fingerprint density at radius 2 is 1.96 bits per heavy atom. The van der Waals surface area contributed by atoms with Crippen LogP contribution >= 0.6 is 11.6 Å². The van der Waals surface area contributed by atoms with Gasteiger partial charge in [0.25, 0.3) is 5.91 Å². The average Bonchev–Trinajstić information content (AvgIpc) is 2.53. The predicted molar refractivity (Wildman–Crippen MR) is 84.3 cm³/mol. The lowest BCUT2D eigenvalue weighted by atomic mass is 10.2. The van der Waals surface area contributed by atoms with E-state index < -0.39 is 18.5 Å². The highest BCUT2D eigenvalue weighted by atomic mass is 35.5. The first-order valence-corrected chi connectivity index (χ1v) is 7.20. The minimum Gasteiger partial charge on any atom is -0.482 e. The summed E-state index contributed by atoms with van der Waals surface area (Å²) in [6.45, 7) is 0.935. The molecule has 8 heteroatoms. The van der Waals surface area contributed by atoms with E-state index >= 15 is 0 Å². The van der Waals surface area contributed by atoms with Crippen molar-refractivity contribution in [1.29, 1.82) is 0 Å². The van der Waals surface area contributed by atoms with Crippen LogP contribution in [0.3, 0.4) is 0 Å². The highest BCUT2D eigenvalue weighted by Crippen LogP contribution is 2.20. The van der Waals surface area contributed by atoms with Gasteiger partial charge in [0, 0.05) is 19.1 Å². The van der Waals surface area contributed by atoms with Gasteiger partial charge in [0.1, 0.15) is 5.75 Å². The van der Waals surface area contributed by atoms with Crippen molar-refractivity contribution in [2.75, 3.05) is 33.9 Å². The third kappa shape index (κ3) is 6.56. The summed E-state index contributed by atoms with van der Waals surface area (Å²) in [5.74, 6) is -0.996. The number of ether oxygens (including phenoxy) is 2. The minimum absolute atomic E-state index is 0.104. The highest BCUT2D eigenvalue weighted by Gasteiger charge is 2.14. The van der Waals surface area contributed by atoms with Gasteiger partial charge in [0.15, 0.2) is 13.2 Å². The number of esters is 1. The van der Waals surface area contributed by atoms with Gasteiger partial charge in [-0.1, -0.05) is 11.6 Å². The second-order valence-electron chi connectivity index (χ2n) is 4.78. The van der Waals surface area contributed by atoms with E-state index in [0.29, 0.717) is 10.8 Å². The largest absolute Gasteiger partial charge is 0.482 e. The van der Waals surface area contributed by atoms with E-state index in [1.54, 1.807) is 18.2 Å². The number of halogens is 1. The Bertz CT molecular complexity index is 591. The number of hydrogen-bond donors (Lipinski definition) is 1. The molecule has 0 aliphatic carbocycles. The fraction of sp³-hybridized carbons (Fsp3) is 0.400. The molecule has 0 aliphatic heterocycles. The highest BCUT2D eigenvalue weighted by molar-refractivity contribution is 6.31. The Balaban J connectivity index is 2.35. The van der Waals surface area contributed by atoms with Gasteiger partial charge in [-0.05, 0) is 30.7 Å². The molecule has 1 rings (SSSR count). The number of benzene rings is 1. The molecule has 2 amide bonds. The summed E-state index contributed by atoms with van der Waals surface area (Å²) in [5.41, 5.74) is 0.823. The number of carbonyl (C=O) groups excluding carboxylic acids is 3. The monoisotopic (exact) mass is 342 g/mol. The first kappa shape index (κ1) is 18.8. The lowest BCUT2D eigenvalue weighted by Gasteiger charge is -2.16. The zero-order chi connectivity index (χ0) is 17.4. The van der Waals surface area contributed by atoms with E-state index in [9.17, 15) is 14.4 Å². The number of aryl methyl sites for hydroxylation is 1. The van der Waals surface area contributed by atoms with Crippen LogP contribution in [-0.4, -0.2) is 56.5 Å². The van der Waals surface area contributed by atoms with Crippen LogP contribution in [0.4, 0.5) is 0 Å². The Morgan fingerprint density at radius 1 is 1.26 bits per heavy atom. The number of carbonyl (C=O) groups is 3. The van der Waals surface area contributed by atoms with Crippen LogP contribution in [-0.2, 0) is 19.1 Å². The molecule has 1 N–H and O–H groups in total. The van der Waals surface area contributed by atoms with E-state index in [-0.39, 0.29) is 19.1 Å². The number of rotatable bonds is 7. The summed E-state index contributed by atoms with van der Waals surface area (Å²) in [4.78, 5) is 35.5. The van der Waals surface area contributed by atoms with Crippen LogP contribution in [0.15, 0.2) is 18.2 Å². The summed E-state index contributed by atoms with van der Waals surface area (Å²) >= 11 is 5.89. The summed E-state index contributed by atoms with van der Waals surface area (Å²) in [7, 11) is 2.91. The fourth-order valence-corrected chi connectivity index (χ4v) is 1.64. The van der Waals surface area contributed by atoms with Crippen molar-refractivity contribution >= 4 is 29.4 Å². The van der Waals surface area contributed by atoms with Crippen LogP contribution in [0.5, 0.6) is 5.75 Å². The van der Waals surface area contributed by atoms with Gasteiger partial charge >= 0.3 is 5.97 Å². The summed E-state index contributed by atoms with van der Waals surface area (Å²) in [5, 5.41) is 2.99. The quantitative estimate of drug-likeness (QED) is 0.740. The van der Waals surface area contributed by atoms with Crippen molar-refractivity contribution in [2.45, 2.75) is 6.92 Å². The van der Waals surface area contributed by atoms with Crippen molar-refractivity contribution in [2.24, 2.45) is 0 Å². The normalized spacial score (nSPS) is 9.91. The molecule has 0 atom stereocenters. The fourth-order valence-electron chi connectivity index (χ4n) is 1.53.